The maximum absolute atomic E-state index is 13.5. The van der Waals surface area contributed by atoms with Crippen molar-refractivity contribution in [1.82, 2.24) is 14.5 Å². The molecule has 9 heteroatoms. The molecule has 0 spiro atoms. The van der Waals surface area contributed by atoms with E-state index in [1.54, 1.807) is 6.92 Å². The van der Waals surface area contributed by atoms with Gasteiger partial charge in [-0.3, -0.25) is 10.1 Å². The molecule has 0 aliphatic carbocycles. The summed E-state index contributed by atoms with van der Waals surface area (Å²) in [6.07, 6.45) is 0.726. The molecule has 8 nitrogen and oxygen atoms in total. The van der Waals surface area contributed by atoms with Gasteiger partial charge in [-0.2, -0.15) is 0 Å². The molecule has 162 valence electrons. The van der Waals surface area contributed by atoms with Crippen molar-refractivity contribution in [2.24, 2.45) is 0 Å². The summed E-state index contributed by atoms with van der Waals surface area (Å²) in [4.78, 5) is 13.5. The van der Waals surface area contributed by atoms with Crippen LogP contribution in [0.25, 0.3) is 11.5 Å². The molecule has 31 heavy (non-hydrogen) atoms. The molecule has 1 N–H and O–H groups in total. The minimum atomic E-state index is -3.30. The maximum atomic E-state index is 13.5. The number of hydrogen-bond acceptors (Lipinski definition) is 6. The van der Waals surface area contributed by atoms with Gasteiger partial charge in [0.05, 0.1) is 11.2 Å². The Morgan fingerprint density at radius 1 is 1.03 bits per heavy atom. The van der Waals surface area contributed by atoms with E-state index in [1.807, 2.05) is 60.7 Å². The highest BCUT2D eigenvalue weighted by molar-refractivity contribution is 7.89. The van der Waals surface area contributed by atoms with E-state index in [-0.39, 0.29) is 30.8 Å². The summed E-state index contributed by atoms with van der Waals surface area (Å²) < 4.78 is 31.7. The fourth-order valence-corrected chi connectivity index (χ4v) is 5.02. The van der Waals surface area contributed by atoms with Crippen molar-refractivity contribution in [3.63, 3.8) is 0 Å². The van der Waals surface area contributed by atoms with Crippen LogP contribution >= 0.6 is 0 Å². The Kier molecular flexibility index (Phi) is 5.88. The number of amides is 1. The van der Waals surface area contributed by atoms with Crippen molar-refractivity contribution in [2.45, 2.75) is 25.2 Å². The largest absolute Gasteiger partial charge is 0.403 e. The summed E-state index contributed by atoms with van der Waals surface area (Å²) in [5, 5.41) is 10.7. The zero-order valence-corrected chi connectivity index (χ0v) is 18.0. The van der Waals surface area contributed by atoms with Crippen molar-refractivity contribution in [2.75, 3.05) is 24.2 Å². The molecule has 2 heterocycles. The Labute approximate surface area is 181 Å². The van der Waals surface area contributed by atoms with Crippen molar-refractivity contribution in [1.29, 1.82) is 0 Å². The molecule has 1 saturated heterocycles. The van der Waals surface area contributed by atoms with Crippen LogP contribution in [0.1, 0.15) is 25.3 Å². The number of sulfonamides is 1. The number of hydrogen-bond donors (Lipinski definition) is 1. The summed E-state index contributed by atoms with van der Waals surface area (Å²) >= 11 is 0. The SMILES string of the molecule is CCS(=O)(=O)N1CCC(C(=O)Nc2nnc(-c3ccccc3)o2)(c2ccccc2)CC1. The van der Waals surface area contributed by atoms with Crippen LogP contribution in [0, 0.1) is 0 Å². The van der Waals surface area contributed by atoms with Crippen LogP contribution in [0.5, 0.6) is 0 Å². The van der Waals surface area contributed by atoms with Crippen LogP contribution in [0.2, 0.25) is 0 Å². The van der Waals surface area contributed by atoms with Crippen LogP contribution < -0.4 is 5.32 Å². The van der Waals surface area contributed by atoms with Gasteiger partial charge in [-0.15, -0.1) is 5.10 Å². The highest BCUT2D eigenvalue weighted by atomic mass is 32.2. The predicted molar refractivity (Wildman–Crippen MR) is 117 cm³/mol. The number of anilines is 1. The van der Waals surface area contributed by atoms with Crippen molar-refractivity contribution >= 4 is 21.9 Å². The second-order valence-corrected chi connectivity index (χ2v) is 9.74. The highest BCUT2D eigenvalue weighted by Gasteiger charge is 2.45. The van der Waals surface area contributed by atoms with Crippen LogP contribution in [0.4, 0.5) is 6.01 Å². The quantitative estimate of drug-likeness (QED) is 0.632. The summed E-state index contributed by atoms with van der Waals surface area (Å²) in [6, 6.07) is 18.7. The predicted octanol–water partition coefficient (Wildman–Crippen LogP) is 3.06. The van der Waals surface area contributed by atoms with Gasteiger partial charge < -0.3 is 4.42 Å². The van der Waals surface area contributed by atoms with Crippen LogP contribution in [0.3, 0.4) is 0 Å². The molecular formula is C22H24N4O4S. The molecule has 0 radical (unpaired) electrons. The van der Waals surface area contributed by atoms with E-state index in [0.717, 1.165) is 11.1 Å². The standard InChI is InChI=1S/C22H24N4O4S/c1-2-31(28,29)26-15-13-22(14-16-26,18-11-7-4-8-12-18)20(27)23-21-25-24-19(30-21)17-9-5-3-6-10-17/h3-12H,2,13-16H2,1H3,(H,23,25,27). The second kappa shape index (κ2) is 8.60. The lowest BCUT2D eigenvalue weighted by Crippen LogP contribution is -2.51. The van der Waals surface area contributed by atoms with E-state index < -0.39 is 15.4 Å². The zero-order chi connectivity index (χ0) is 21.9. The first-order valence-corrected chi connectivity index (χ1v) is 11.8. The number of benzene rings is 2. The smallest absolute Gasteiger partial charge is 0.322 e. The molecule has 4 rings (SSSR count). The number of carbonyl (C=O) groups excluding carboxylic acids is 1. The Hall–Kier alpha value is -3.04. The van der Waals surface area contributed by atoms with E-state index in [0.29, 0.717) is 18.7 Å². The first kappa shape index (κ1) is 21.2. The third-order valence-corrected chi connectivity index (χ3v) is 7.64. The fourth-order valence-electron chi connectivity index (χ4n) is 3.92. The minimum absolute atomic E-state index is 0.0165. The summed E-state index contributed by atoms with van der Waals surface area (Å²) in [7, 11) is -3.30. The molecule has 1 amide bonds. The molecule has 1 aliphatic heterocycles. The Morgan fingerprint density at radius 3 is 2.26 bits per heavy atom. The third kappa shape index (κ3) is 4.24. The van der Waals surface area contributed by atoms with Crippen LogP contribution in [0.15, 0.2) is 65.1 Å². The molecule has 1 aromatic heterocycles. The average molecular weight is 441 g/mol. The monoisotopic (exact) mass is 440 g/mol. The van der Waals surface area contributed by atoms with Crippen LogP contribution in [-0.4, -0.2) is 47.7 Å². The Bertz CT molecular complexity index is 1140. The number of nitrogens with one attached hydrogen (secondary N) is 1. The lowest BCUT2D eigenvalue weighted by Gasteiger charge is -2.40. The van der Waals surface area contributed by atoms with Gasteiger partial charge >= 0.3 is 6.01 Å². The van der Waals surface area contributed by atoms with E-state index in [2.05, 4.69) is 15.5 Å². The van der Waals surface area contributed by atoms with Gasteiger partial charge in [-0.05, 0) is 37.5 Å². The molecule has 0 unspecified atom stereocenters. The fraction of sp³-hybridized carbons (Fsp3) is 0.318. The van der Waals surface area contributed by atoms with E-state index in [1.165, 1.54) is 4.31 Å². The molecular weight excluding hydrogens is 416 g/mol. The van der Waals surface area contributed by atoms with Gasteiger partial charge in [0.2, 0.25) is 21.8 Å². The van der Waals surface area contributed by atoms with Gasteiger partial charge in [0, 0.05) is 18.7 Å². The zero-order valence-electron chi connectivity index (χ0n) is 17.2. The maximum Gasteiger partial charge on any atom is 0.322 e. The topological polar surface area (TPSA) is 105 Å². The number of piperidine rings is 1. The summed E-state index contributed by atoms with van der Waals surface area (Å²) in [5.74, 6) is 0.0749. The number of rotatable bonds is 6. The van der Waals surface area contributed by atoms with E-state index in [9.17, 15) is 13.2 Å². The van der Waals surface area contributed by atoms with E-state index >= 15 is 0 Å². The molecule has 0 atom stereocenters. The lowest BCUT2D eigenvalue weighted by molar-refractivity contribution is -0.123. The number of aromatic nitrogens is 2. The first-order valence-electron chi connectivity index (χ1n) is 10.2. The van der Waals surface area contributed by atoms with Crippen molar-refractivity contribution in [3.8, 4) is 11.5 Å². The summed E-state index contributed by atoms with van der Waals surface area (Å²) in [5.41, 5.74) is 0.706. The van der Waals surface area contributed by atoms with Gasteiger partial charge in [0.25, 0.3) is 0 Å². The van der Waals surface area contributed by atoms with Gasteiger partial charge in [-0.25, -0.2) is 12.7 Å². The molecule has 0 bridgehead atoms. The second-order valence-electron chi connectivity index (χ2n) is 7.48. The summed E-state index contributed by atoms with van der Waals surface area (Å²) in [6.45, 7) is 2.18. The van der Waals surface area contributed by atoms with Crippen LogP contribution in [-0.2, 0) is 20.2 Å². The molecule has 1 aliphatic rings. The van der Waals surface area contributed by atoms with Gasteiger partial charge in [0.15, 0.2) is 0 Å². The Balaban J connectivity index is 1.59. The minimum Gasteiger partial charge on any atom is -0.403 e. The Morgan fingerprint density at radius 2 is 1.65 bits per heavy atom. The molecule has 0 saturated carbocycles. The number of nitrogens with zero attached hydrogens (tertiary/aromatic N) is 3. The van der Waals surface area contributed by atoms with Gasteiger partial charge in [0.1, 0.15) is 0 Å². The molecule has 3 aromatic rings. The van der Waals surface area contributed by atoms with E-state index in [4.69, 9.17) is 4.42 Å². The first-order chi connectivity index (χ1) is 14.9. The normalized spacial score (nSPS) is 16.7. The molecule has 1 fully saturated rings. The average Bonchev–Trinajstić information content (AvgIpc) is 3.28. The van der Waals surface area contributed by atoms with Gasteiger partial charge in [-0.1, -0.05) is 53.6 Å². The lowest BCUT2D eigenvalue weighted by atomic mass is 9.72. The third-order valence-electron chi connectivity index (χ3n) is 5.76. The number of carbonyl (C=O) groups is 1. The van der Waals surface area contributed by atoms with Crippen molar-refractivity contribution < 1.29 is 17.6 Å². The van der Waals surface area contributed by atoms with Crippen molar-refractivity contribution in [3.05, 3.63) is 66.2 Å². The highest BCUT2D eigenvalue weighted by Crippen LogP contribution is 2.37. The molecule has 2 aromatic carbocycles.